The van der Waals surface area contributed by atoms with E-state index in [1.165, 1.54) is 0 Å². The maximum atomic E-state index is 13.7. The van der Waals surface area contributed by atoms with E-state index in [4.69, 9.17) is 0 Å². The summed E-state index contributed by atoms with van der Waals surface area (Å²) in [5.74, 6) is -0.247. The quantitative estimate of drug-likeness (QED) is 0.871. The Balaban J connectivity index is 2.58. The molecule has 1 N–H and O–H groups in total. The smallest absolute Gasteiger partial charge is 0.149 e. The first-order valence-corrected chi connectivity index (χ1v) is 6.68. The molecule has 2 nitrogen and oxygen atoms in total. The highest BCUT2D eigenvalue weighted by Crippen LogP contribution is 2.25. The largest absolute Gasteiger partial charge is 0.370 e. The van der Waals surface area contributed by atoms with E-state index in [-0.39, 0.29) is 10.9 Å². The number of aromatic nitrogens is 1. The van der Waals surface area contributed by atoms with E-state index in [2.05, 4.69) is 17.2 Å². The second-order valence-corrected chi connectivity index (χ2v) is 4.60. The zero-order chi connectivity index (χ0) is 13.8. The van der Waals surface area contributed by atoms with Crippen molar-refractivity contribution < 1.29 is 8.78 Å². The molecule has 19 heavy (non-hydrogen) atoms. The summed E-state index contributed by atoms with van der Waals surface area (Å²) in [4.78, 5) is 4.27. The molecular formula is C15H18F2N2. The fourth-order valence-electron chi connectivity index (χ4n) is 2.09. The van der Waals surface area contributed by atoms with Gasteiger partial charge in [-0.2, -0.15) is 0 Å². The van der Waals surface area contributed by atoms with Crippen molar-refractivity contribution >= 4 is 16.7 Å². The van der Waals surface area contributed by atoms with Gasteiger partial charge in [0, 0.05) is 11.9 Å². The van der Waals surface area contributed by atoms with Crippen molar-refractivity contribution in [2.24, 2.45) is 0 Å². The van der Waals surface area contributed by atoms with Crippen LogP contribution >= 0.6 is 0 Å². The van der Waals surface area contributed by atoms with Crippen molar-refractivity contribution in [1.29, 1.82) is 0 Å². The lowest BCUT2D eigenvalue weighted by molar-refractivity contribution is 0.615. The van der Waals surface area contributed by atoms with Crippen LogP contribution in [0.15, 0.2) is 18.2 Å². The van der Waals surface area contributed by atoms with E-state index in [9.17, 15) is 8.78 Å². The molecular weight excluding hydrogens is 246 g/mol. The molecule has 0 saturated heterocycles. The number of fused-ring (bicyclic) bond motifs is 1. The van der Waals surface area contributed by atoms with Gasteiger partial charge in [-0.1, -0.05) is 20.3 Å². The molecule has 0 bridgehead atoms. The number of rotatable bonds is 5. The van der Waals surface area contributed by atoms with Crippen molar-refractivity contribution in [3.05, 3.63) is 35.4 Å². The Morgan fingerprint density at radius 1 is 1.11 bits per heavy atom. The molecule has 4 heteroatoms. The summed E-state index contributed by atoms with van der Waals surface area (Å²) >= 11 is 0. The Labute approximate surface area is 111 Å². The molecule has 0 fully saturated rings. The number of nitrogens with zero attached hydrogens (tertiary/aromatic N) is 1. The average Bonchev–Trinajstić information content (AvgIpc) is 2.41. The van der Waals surface area contributed by atoms with Crippen LogP contribution < -0.4 is 5.32 Å². The minimum atomic E-state index is -0.487. The Bertz CT molecular complexity index is 582. The molecule has 1 heterocycles. The lowest BCUT2D eigenvalue weighted by Gasteiger charge is -2.12. The lowest BCUT2D eigenvalue weighted by Crippen LogP contribution is -2.06. The van der Waals surface area contributed by atoms with Gasteiger partial charge in [0.05, 0.1) is 0 Å². The summed E-state index contributed by atoms with van der Waals surface area (Å²) in [7, 11) is 0. The third-order valence-corrected chi connectivity index (χ3v) is 3.02. The molecule has 0 radical (unpaired) electrons. The number of halogens is 2. The minimum absolute atomic E-state index is 0.0958. The summed E-state index contributed by atoms with van der Waals surface area (Å²) in [5.41, 5.74) is 1.03. The molecule has 0 spiro atoms. The predicted octanol–water partition coefficient (Wildman–Crippen LogP) is 4.29. The van der Waals surface area contributed by atoms with Gasteiger partial charge in [0.1, 0.15) is 23.0 Å². The average molecular weight is 264 g/mol. The topological polar surface area (TPSA) is 24.9 Å². The first-order valence-electron chi connectivity index (χ1n) is 6.68. The van der Waals surface area contributed by atoms with Crippen molar-refractivity contribution in [2.45, 2.75) is 33.1 Å². The van der Waals surface area contributed by atoms with E-state index >= 15 is 0 Å². The number of nitrogens with one attached hydrogen (secondary N) is 1. The van der Waals surface area contributed by atoms with Gasteiger partial charge in [0.15, 0.2) is 0 Å². The molecule has 0 saturated carbocycles. The van der Waals surface area contributed by atoms with Gasteiger partial charge >= 0.3 is 0 Å². The van der Waals surface area contributed by atoms with Crippen molar-refractivity contribution in [3.8, 4) is 0 Å². The third-order valence-electron chi connectivity index (χ3n) is 3.02. The molecule has 2 aromatic rings. The van der Waals surface area contributed by atoms with Gasteiger partial charge in [-0.15, -0.1) is 0 Å². The number of aryl methyl sites for hydroxylation is 1. The van der Waals surface area contributed by atoms with Crippen LogP contribution in [0.5, 0.6) is 0 Å². The Morgan fingerprint density at radius 2 is 1.84 bits per heavy atom. The third kappa shape index (κ3) is 2.83. The summed E-state index contributed by atoms with van der Waals surface area (Å²) < 4.78 is 27.5. The fourth-order valence-corrected chi connectivity index (χ4v) is 2.09. The van der Waals surface area contributed by atoms with E-state index in [0.29, 0.717) is 5.82 Å². The lowest BCUT2D eigenvalue weighted by atomic mass is 10.1. The summed E-state index contributed by atoms with van der Waals surface area (Å²) in [6, 6.07) is 3.98. The maximum Gasteiger partial charge on any atom is 0.149 e. The van der Waals surface area contributed by atoms with Crippen LogP contribution in [0.4, 0.5) is 14.6 Å². The number of hydrogen-bond donors (Lipinski definition) is 1. The molecule has 1 aromatic carbocycles. The van der Waals surface area contributed by atoms with Crippen LogP contribution in [0.2, 0.25) is 0 Å². The van der Waals surface area contributed by atoms with Gasteiger partial charge in [-0.25, -0.2) is 13.8 Å². The van der Waals surface area contributed by atoms with Gasteiger partial charge in [-0.05, 0) is 36.6 Å². The molecule has 102 valence electrons. The highest BCUT2D eigenvalue weighted by Gasteiger charge is 2.12. The second kappa shape index (κ2) is 5.95. The molecule has 0 atom stereocenters. The molecule has 0 amide bonds. The van der Waals surface area contributed by atoms with E-state index in [0.717, 1.165) is 43.5 Å². The first kappa shape index (κ1) is 13.7. The zero-order valence-electron chi connectivity index (χ0n) is 11.3. The van der Waals surface area contributed by atoms with E-state index < -0.39 is 11.6 Å². The molecule has 0 aliphatic heterocycles. The van der Waals surface area contributed by atoms with Gasteiger partial charge in [0.2, 0.25) is 0 Å². The first-order chi connectivity index (χ1) is 9.17. The van der Waals surface area contributed by atoms with Gasteiger partial charge < -0.3 is 5.32 Å². The predicted molar refractivity (Wildman–Crippen MR) is 74.4 cm³/mol. The Hall–Kier alpha value is -1.71. The molecule has 0 unspecified atom stereocenters. The molecule has 0 aliphatic carbocycles. The van der Waals surface area contributed by atoms with Crippen molar-refractivity contribution in [2.75, 3.05) is 11.9 Å². The van der Waals surface area contributed by atoms with Crippen molar-refractivity contribution in [3.63, 3.8) is 0 Å². The summed E-state index contributed by atoms with van der Waals surface area (Å²) in [6.07, 6.45) is 2.69. The second-order valence-electron chi connectivity index (χ2n) is 4.60. The van der Waals surface area contributed by atoms with Crippen LogP contribution in [0.25, 0.3) is 10.9 Å². The molecule has 0 aliphatic rings. The van der Waals surface area contributed by atoms with Crippen LogP contribution in [0.3, 0.4) is 0 Å². The SMILES string of the molecule is CCCNc1nc2c(F)ccc(F)c2cc1CCC. The Morgan fingerprint density at radius 3 is 2.53 bits per heavy atom. The van der Waals surface area contributed by atoms with Crippen LogP contribution in [0, 0.1) is 11.6 Å². The maximum absolute atomic E-state index is 13.7. The van der Waals surface area contributed by atoms with Gasteiger partial charge in [0.25, 0.3) is 0 Å². The normalized spacial score (nSPS) is 10.9. The van der Waals surface area contributed by atoms with Crippen LogP contribution in [-0.2, 0) is 6.42 Å². The zero-order valence-corrected chi connectivity index (χ0v) is 11.3. The highest BCUT2D eigenvalue weighted by molar-refractivity contribution is 5.83. The highest BCUT2D eigenvalue weighted by atomic mass is 19.1. The number of benzene rings is 1. The number of pyridine rings is 1. The Kier molecular flexibility index (Phi) is 4.30. The van der Waals surface area contributed by atoms with Crippen molar-refractivity contribution in [1.82, 2.24) is 4.98 Å². The van der Waals surface area contributed by atoms with E-state index in [1.807, 2.05) is 6.92 Å². The minimum Gasteiger partial charge on any atom is -0.370 e. The van der Waals surface area contributed by atoms with E-state index in [1.54, 1.807) is 6.07 Å². The standard InChI is InChI=1S/C15H18F2N2/c1-3-5-10-9-11-12(16)6-7-13(17)14(11)19-15(10)18-8-4-2/h6-7,9H,3-5,8H2,1-2H3,(H,18,19). The van der Waals surface area contributed by atoms with Gasteiger partial charge in [-0.3, -0.25) is 0 Å². The molecule has 2 rings (SSSR count). The van der Waals surface area contributed by atoms with Crippen LogP contribution in [-0.4, -0.2) is 11.5 Å². The summed E-state index contributed by atoms with van der Waals surface area (Å²) in [6.45, 7) is 4.87. The monoisotopic (exact) mass is 264 g/mol. The number of anilines is 1. The molecule has 1 aromatic heterocycles. The van der Waals surface area contributed by atoms with Crippen LogP contribution in [0.1, 0.15) is 32.3 Å². The number of hydrogen-bond acceptors (Lipinski definition) is 2. The summed E-state index contributed by atoms with van der Waals surface area (Å²) in [5, 5.41) is 3.44. The fraction of sp³-hybridized carbons (Fsp3) is 0.400.